The molecule has 0 heterocycles. The minimum Gasteiger partial charge on any atom is -0.294 e. The third kappa shape index (κ3) is 2.65. The Balaban J connectivity index is 2.34. The van der Waals surface area contributed by atoms with Crippen molar-refractivity contribution in [1.82, 2.24) is 0 Å². The molecule has 5 heteroatoms. The molecule has 0 unspecified atom stereocenters. The number of benzene rings is 2. The molecule has 0 aliphatic rings. The highest BCUT2D eigenvalue weighted by Crippen LogP contribution is 2.18. The molecule has 0 saturated heterocycles. The fourth-order valence-electron chi connectivity index (χ4n) is 1.71. The van der Waals surface area contributed by atoms with E-state index < -0.39 is 41.0 Å². The summed E-state index contributed by atoms with van der Waals surface area (Å²) in [6.07, 6.45) is -0.610. The van der Waals surface area contributed by atoms with Crippen LogP contribution in [0.4, 0.5) is 17.6 Å². The smallest absolute Gasteiger partial charge is 0.173 e. The zero-order valence-corrected chi connectivity index (χ0v) is 9.59. The minimum absolute atomic E-state index is 0.243. The monoisotopic (exact) mass is 268 g/mol. The van der Waals surface area contributed by atoms with Gasteiger partial charge in [0.05, 0.1) is 5.56 Å². The Kier molecular flexibility index (Phi) is 3.64. The van der Waals surface area contributed by atoms with Crippen molar-refractivity contribution in [2.24, 2.45) is 0 Å². The Morgan fingerprint density at radius 1 is 0.842 bits per heavy atom. The fraction of sp³-hybridized carbons (Fsp3) is 0.0714. The van der Waals surface area contributed by atoms with Crippen molar-refractivity contribution in [1.29, 1.82) is 0 Å². The third-order valence-electron chi connectivity index (χ3n) is 2.62. The van der Waals surface area contributed by atoms with Gasteiger partial charge >= 0.3 is 0 Å². The SMILES string of the molecule is O=C(Cc1cccc(F)c1F)c1c(F)cccc1F. The number of hydrogen-bond acceptors (Lipinski definition) is 1. The Bertz CT molecular complexity index is 617. The molecule has 2 rings (SSSR count). The van der Waals surface area contributed by atoms with E-state index in [4.69, 9.17) is 0 Å². The van der Waals surface area contributed by atoms with Crippen LogP contribution < -0.4 is 0 Å². The van der Waals surface area contributed by atoms with Crippen LogP contribution in [0.2, 0.25) is 0 Å². The van der Waals surface area contributed by atoms with E-state index in [-0.39, 0.29) is 5.56 Å². The summed E-state index contributed by atoms with van der Waals surface area (Å²) in [5, 5.41) is 0. The predicted molar refractivity (Wildman–Crippen MR) is 60.8 cm³/mol. The summed E-state index contributed by atoms with van der Waals surface area (Å²) in [4.78, 5) is 11.8. The maximum atomic E-state index is 13.4. The quantitative estimate of drug-likeness (QED) is 0.613. The average Bonchev–Trinajstić information content (AvgIpc) is 2.35. The van der Waals surface area contributed by atoms with Gasteiger partial charge < -0.3 is 0 Å². The first-order valence-electron chi connectivity index (χ1n) is 5.41. The van der Waals surface area contributed by atoms with Gasteiger partial charge in [-0.3, -0.25) is 4.79 Å². The van der Waals surface area contributed by atoms with Crippen molar-refractivity contribution >= 4 is 5.78 Å². The van der Waals surface area contributed by atoms with Crippen LogP contribution in [-0.4, -0.2) is 5.78 Å². The van der Waals surface area contributed by atoms with Crippen molar-refractivity contribution in [3.05, 3.63) is 70.8 Å². The average molecular weight is 268 g/mol. The molecule has 2 aromatic rings. The normalized spacial score (nSPS) is 10.5. The van der Waals surface area contributed by atoms with Crippen molar-refractivity contribution in [2.45, 2.75) is 6.42 Å². The highest BCUT2D eigenvalue weighted by molar-refractivity contribution is 5.98. The molecule has 0 aliphatic heterocycles. The van der Waals surface area contributed by atoms with Crippen molar-refractivity contribution < 1.29 is 22.4 Å². The van der Waals surface area contributed by atoms with Gasteiger partial charge in [0.25, 0.3) is 0 Å². The molecule has 0 atom stereocenters. The number of hydrogen-bond donors (Lipinski definition) is 0. The van der Waals surface area contributed by atoms with Gasteiger partial charge in [0.2, 0.25) is 0 Å². The molecule has 1 nitrogen and oxygen atoms in total. The first-order valence-corrected chi connectivity index (χ1v) is 5.41. The maximum absolute atomic E-state index is 13.4. The van der Waals surface area contributed by atoms with Crippen molar-refractivity contribution in [3.63, 3.8) is 0 Å². The standard InChI is InChI=1S/C14H8F4O/c15-9-4-2-5-10(16)13(9)12(19)7-8-3-1-6-11(17)14(8)18/h1-6H,7H2. The second kappa shape index (κ2) is 5.22. The van der Waals surface area contributed by atoms with Crippen LogP contribution in [0.1, 0.15) is 15.9 Å². The van der Waals surface area contributed by atoms with E-state index in [1.165, 1.54) is 12.1 Å². The van der Waals surface area contributed by atoms with Gasteiger partial charge in [-0.05, 0) is 23.8 Å². The molecule has 2 aromatic carbocycles. The highest BCUT2D eigenvalue weighted by Gasteiger charge is 2.19. The zero-order valence-electron chi connectivity index (χ0n) is 9.59. The van der Waals surface area contributed by atoms with Crippen LogP contribution in [0.3, 0.4) is 0 Å². The van der Waals surface area contributed by atoms with E-state index >= 15 is 0 Å². The minimum atomic E-state index is -1.19. The summed E-state index contributed by atoms with van der Waals surface area (Å²) < 4.78 is 53.0. The summed E-state index contributed by atoms with van der Waals surface area (Å²) >= 11 is 0. The maximum Gasteiger partial charge on any atom is 0.173 e. The lowest BCUT2D eigenvalue weighted by Crippen LogP contribution is -2.10. The topological polar surface area (TPSA) is 17.1 Å². The van der Waals surface area contributed by atoms with E-state index in [9.17, 15) is 22.4 Å². The van der Waals surface area contributed by atoms with Gasteiger partial charge in [-0.25, -0.2) is 17.6 Å². The van der Waals surface area contributed by atoms with Gasteiger partial charge in [0.15, 0.2) is 17.4 Å². The van der Waals surface area contributed by atoms with Gasteiger partial charge in [-0.15, -0.1) is 0 Å². The summed E-state index contributed by atoms with van der Waals surface area (Å²) in [6, 6.07) is 6.28. The molecule has 0 aromatic heterocycles. The van der Waals surface area contributed by atoms with Gasteiger partial charge in [-0.1, -0.05) is 18.2 Å². The first-order chi connectivity index (χ1) is 9.00. The van der Waals surface area contributed by atoms with E-state index in [0.717, 1.165) is 24.3 Å². The zero-order chi connectivity index (χ0) is 14.0. The Morgan fingerprint density at radius 2 is 1.37 bits per heavy atom. The largest absolute Gasteiger partial charge is 0.294 e. The van der Waals surface area contributed by atoms with Crippen LogP contribution >= 0.6 is 0 Å². The molecule has 0 saturated carbocycles. The number of halogens is 4. The number of ketones is 1. The fourth-order valence-corrected chi connectivity index (χ4v) is 1.71. The lowest BCUT2D eigenvalue weighted by molar-refractivity contribution is 0.0983. The van der Waals surface area contributed by atoms with Gasteiger partial charge in [-0.2, -0.15) is 0 Å². The molecule has 19 heavy (non-hydrogen) atoms. The molecule has 0 bridgehead atoms. The molecule has 0 aliphatic carbocycles. The summed E-state index contributed by atoms with van der Waals surface area (Å²) in [6.45, 7) is 0. The lowest BCUT2D eigenvalue weighted by Gasteiger charge is -2.05. The number of carbonyl (C=O) groups excluding carboxylic acids is 1. The second-order valence-corrected chi connectivity index (χ2v) is 3.91. The molecular weight excluding hydrogens is 260 g/mol. The molecular formula is C14H8F4O. The van der Waals surface area contributed by atoms with Crippen LogP contribution in [0.15, 0.2) is 36.4 Å². The van der Waals surface area contributed by atoms with Crippen molar-refractivity contribution in [2.75, 3.05) is 0 Å². The Labute approximate surface area is 106 Å². The summed E-state index contributed by atoms with van der Waals surface area (Å²) in [5.74, 6) is -5.30. The second-order valence-electron chi connectivity index (χ2n) is 3.91. The molecule has 0 fully saturated rings. The first kappa shape index (κ1) is 13.3. The number of Topliss-reactive ketones (excluding diaryl/α,β-unsaturated/α-hetero) is 1. The number of rotatable bonds is 3. The van der Waals surface area contributed by atoms with Crippen molar-refractivity contribution in [3.8, 4) is 0 Å². The van der Waals surface area contributed by atoms with E-state index in [2.05, 4.69) is 0 Å². The van der Waals surface area contributed by atoms with E-state index in [0.29, 0.717) is 0 Å². The molecule has 0 N–H and O–H groups in total. The molecule has 0 spiro atoms. The van der Waals surface area contributed by atoms with Crippen LogP contribution in [0.25, 0.3) is 0 Å². The van der Waals surface area contributed by atoms with Gasteiger partial charge in [0, 0.05) is 6.42 Å². The van der Waals surface area contributed by atoms with Crippen LogP contribution in [0, 0.1) is 23.3 Å². The molecule has 0 radical (unpaired) electrons. The molecule has 98 valence electrons. The highest BCUT2D eigenvalue weighted by atomic mass is 19.2. The van der Waals surface area contributed by atoms with Gasteiger partial charge in [0.1, 0.15) is 11.6 Å². The third-order valence-corrected chi connectivity index (χ3v) is 2.62. The van der Waals surface area contributed by atoms with E-state index in [1.807, 2.05) is 0 Å². The summed E-state index contributed by atoms with van der Waals surface area (Å²) in [7, 11) is 0. The van der Waals surface area contributed by atoms with Crippen LogP contribution in [-0.2, 0) is 6.42 Å². The number of carbonyl (C=O) groups is 1. The summed E-state index contributed by atoms with van der Waals surface area (Å²) in [5.41, 5.74) is -0.987. The Hall–Kier alpha value is -2.17. The Morgan fingerprint density at radius 3 is 2.00 bits per heavy atom. The molecule has 0 amide bonds. The van der Waals surface area contributed by atoms with E-state index in [1.54, 1.807) is 0 Å². The van der Waals surface area contributed by atoms with Crippen LogP contribution in [0.5, 0.6) is 0 Å². The lowest BCUT2D eigenvalue weighted by atomic mass is 10.0. The predicted octanol–water partition coefficient (Wildman–Crippen LogP) is 3.67.